The Bertz CT molecular complexity index is 1370. The van der Waals surface area contributed by atoms with Gasteiger partial charge in [0.2, 0.25) is 0 Å². The molecule has 0 radical (unpaired) electrons. The number of nitrogens with zero attached hydrogens (tertiary/aromatic N) is 4. The molecule has 0 saturated heterocycles. The van der Waals surface area contributed by atoms with E-state index in [0.29, 0.717) is 23.0 Å². The number of hydrogen-bond acceptors (Lipinski definition) is 6. The van der Waals surface area contributed by atoms with Crippen molar-refractivity contribution in [2.24, 2.45) is 0 Å². The number of aryl methyl sites for hydroxylation is 1. The molecule has 2 aromatic heterocycles. The number of anilines is 3. The van der Waals surface area contributed by atoms with E-state index in [2.05, 4.69) is 25.3 Å². The molecule has 0 saturated carbocycles. The topological polar surface area (TPSA) is 102 Å². The van der Waals surface area contributed by atoms with Gasteiger partial charge in [-0.1, -0.05) is 12.1 Å². The average Bonchev–Trinajstić information content (AvgIpc) is 3.03. The van der Waals surface area contributed by atoms with Crippen molar-refractivity contribution in [3.8, 4) is 5.82 Å². The maximum Gasteiger partial charge on any atom is 0.264 e. The maximum atomic E-state index is 13.8. The molecule has 2 N–H and O–H groups in total. The second-order valence-corrected chi connectivity index (χ2v) is 8.87. The Balaban J connectivity index is 1.46. The number of hydrogen-bond donors (Lipinski definition) is 2. The molecule has 0 atom stereocenters. The first-order valence-electron chi connectivity index (χ1n) is 9.76. The van der Waals surface area contributed by atoms with Crippen molar-refractivity contribution in [1.29, 1.82) is 0 Å². The van der Waals surface area contributed by atoms with Crippen LogP contribution in [0.25, 0.3) is 5.82 Å². The number of aromatic nitrogens is 4. The van der Waals surface area contributed by atoms with Crippen LogP contribution in [0.1, 0.15) is 17.0 Å². The molecular formula is C22H21FN6O2S. The fourth-order valence-corrected chi connectivity index (χ4v) is 4.23. The van der Waals surface area contributed by atoms with E-state index >= 15 is 0 Å². The van der Waals surface area contributed by atoms with Crippen molar-refractivity contribution in [2.45, 2.75) is 25.7 Å². The third kappa shape index (κ3) is 4.30. The molecule has 0 unspecified atom stereocenters. The lowest BCUT2D eigenvalue weighted by molar-refractivity contribution is 0.570. The summed E-state index contributed by atoms with van der Waals surface area (Å²) in [5.41, 5.74) is 4.05. The van der Waals surface area contributed by atoms with Gasteiger partial charge in [0, 0.05) is 17.1 Å². The molecule has 0 amide bonds. The van der Waals surface area contributed by atoms with Crippen LogP contribution in [0.15, 0.2) is 65.6 Å². The lowest BCUT2D eigenvalue weighted by atomic mass is 10.2. The Morgan fingerprint density at radius 2 is 1.56 bits per heavy atom. The van der Waals surface area contributed by atoms with Crippen LogP contribution in [0, 0.1) is 26.6 Å². The highest BCUT2D eigenvalue weighted by molar-refractivity contribution is 7.92. The number of rotatable bonds is 6. The summed E-state index contributed by atoms with van der Waals surface area (Å²) < 4.78 is 42.7. The highest BCUT2D eigenvalue weighted by Crippen LogP contribution is 2.22. The summed E-state index contributed by atoms with van der Waals surface area (Å²) in [6.45, 7) is 5.94. The molecule has 0 spiro atoms. The van der Waals surface area contributed by atoms with Gasteiger partial charge in [-0.25, -0.2) is 17.5 Å². The third-order valence-corrected chi connectivity index (χ3v) is 6.47. The molecule has 32 heavy (non-hydrogen) atoms. The van der Waals surface area contributed by atoms with Gasteiger partial charge in [-0.2, -0.15) is 5.10 Å². The average molecular weight is 453 g/mol. The molecular weight excluding hydrogens is 431 g/mol. The van der Waals surface area contributed by atoms with Crippen LogP contribution in [-0.2, 0) is 10.0 Å². The van der Waals surface area contributed by atoms with Crippen molar-refractivity contribution in [3.05, 3.63) is 83.4 Å². The summed E-state index contributed by atoms with van der Waals surface area (Å²) in [6, 6.07) is 15.3. The standard InChI is InChI=1S/C22H21FN6O2S/c1-14-15(2)27-29(16(14)3)22-13-12-21(25-26-22)24-17-8-10-18(11-9-17)28-32(30,31)20-7-5-4-6-19(20)23/h4-13,28H,1-3H3,(H,24,25). The number of halogens is 1. The predicted octanol–water partition coefficient (Wildman–Crippen LogP) is 4.27. The zero-order chi connectivity index (χ0) is 22.9. The van der Waals surface area contributed by atoms with Crippen LogP contribution in [0.3, 0.4) is 0 Å². The largest absolute Gasteiger partial charge is 0.339 e. The van der Waals surface area contributed by atoms with Gasteiger partial charge in [0.05, 0.1) is 5.69 Å². The van der Waals surface area contributed by atoms with Gasteiger partial charge in [-0.15, -0.1) is 10.2 Å². The SMILES string of the molecule is Cc1nn(-c2ccc(Nc3ccc(NS(=O)(=O)c4ccccc4F)cc3)nn2)c(C)c1C. The summed E-state index contributed by atoms with van der Waals surface area (Å²) in [6.07, 6.45) is 0. The van der Waals surface area contributed by atoms with E-state index in [0.717, 1.165) is 23.0 Å². The minimum atomic E-state index is -4.03. The lowest BCUT2D eigenvalue weighted by Gasteiger charge is -2.10. The monoisotopic (exact) mass is 452 g/mol. The zero-order valence-corrected chi connectivity index (χ0v) is 18.5. The summed E-state index contributed by atoms with van der Waals surface area (Å²) >= 11 is 0. The fraction of sp³-hybridized carbons (Fsp3) is 0.136. The van der Waals surface area contributed by atoms with Crippen molar-refractivity contribution < 1.29 is 12.8 Å². The smallest absolute Gasteiger partial charge is 0.264 e. The van der Waals surface area contributed by atoms with Crippen LogP contribution >= 0.6 is 0 Å². The minimum Gasteiger partial charge on any atom is -0.339 e. The first-order chi connectivity index (χ1) is 15.2. The van der Waals surface area contributed by atoms with E-state index in [1.165, 1.54) is 18.2 Å². The molecule has 0 bridgehead atoms. The molecule has 2 heterocycles. The molecule has 0 aliphatic heterocycles. The van der Waals surface area contributed by atoms with Crippen molar-refractivity contribution >= 4 is 27.2 Å². The molecule has 0 aliphatic rings. The van der Waals surface area contributed by atoms with E-state index < -0.39 is 20.7 Å². The van der Waals surface area contributed by atoms with E-state index in [-0.39, 0.29) is 0 Å². The Hall–Kier alpha value is -3.79. The van der Waals surface area contributed by atoms with Crippen LogP contribution < -0.4 is 10.0 Å². The van der Waals surface area contributed by atoms with Gasteiger partial charge < -0.3 is 5.32 Å². The van der Waals surface area contributed by atoms with Gasteiger partial charge in [-0.3, -0.25) is 4.72 Å². The molecule has 2 aromatic carbocycles. The van der Waals surface area contributed by atoms with Crippen LogP contribution in [-0.4, -0.2) is 28.4 Å². The van der Waals surface area contributed by atoms with Gasteiger partial charge in [-0.05, 0) is 74.9 Å². The molecule has 0 fully saturated rings. The van der Waals surface area contributed by atoms with Gasteiger partial charge in [0.15, 0.2) is 11.6 Å². The van der Waals surface area contributed by atoms with Crippen LogP contribution in [0.5, 0.6) is 0 Å². The minimum absolute atomic E-state index is 0.306. The fourth-order valence-electron chi connectivity index (χ4n) is 3.09. The Kier molecular flexibility index (Phi) is 5.62. The summed E-state index contributed by atoms with van der Waals surface area (Å²) in [5, 5.41) is 16.0. The van der Waals surface area contributed by atoms with Gasteiger partial charge in [0.25, 0.3) is 10.0 Å². The maximum absolute atomic E-state index is 13.8. The van der Waals surface area contributed by atoms with E-state index in [1.807, 2.05) is 26.8 Å². The molecule has 8 nitrogen and oxygen atoms in total. The van der Waals surface area contributed by atoms with Crippen LogP contribution in [0.4, 0.5) is 21.6 Å². The quantitative estimate of drug-likeness (QED) is 0.453. The highest BCUT2D eigenvalue weighted by Gasteiger charge is 2.18. The summed E-state index contributed by atoms with van der Waals surface area (Å²) in [4.78, 5) is -0.407. The normalized spacial score (nSPS) is 11.4. The Labute approximate surface area is 185 Å². The number of sulfonamides is 1. The number of nitrogens with one attached hydrogen (secondary N) is 2. The second kappa shape index (κ2) is 8.39. The third-order valence-electron chi connectivity index (χ3n) is 5.06. The van der Waals surface area contributed by atoms with E-state index in [9.17, 15) is 12.8 Å². The first kappa shape index (κ1) is 21.4. The Morgan fingerprint density at radius 3 is 2.16 bits per heavy atom. The van der Waals surface area contributed by atoms with Gasteiger partial charge >= 0.3 is 0 Å². The Morgan fingerprint density at radius 1 is 0.875 bits per heavy atom. The number of benzene rings is 2. The molecule has 4 aromatic rings. The first-order valence-corrected chi connectivity index (χ1v) is 11.2. The zero-order valence-electron chi connectivity index (χ0n) is 17.7. The molecule has 4 rings (SSSR count). The van der Waals surface area contributed by atoms with E-state index in [1.54, 1.807) is 35.0 Å². The molecule has 10 heteroatoms. The molecule has 164 valence electrons. The predicted molar refractivity (Wildman–Crippen MR) is 120 cm³/mol. The molecule has 0 aliphatic carbocycles. The lowest BCUT2D eigenvalue weighted by Crippen LogP contribution is -2.14. The second-order valence-electron chi connectivity index (χ2n) is 7.22. The van der Waals surface area contributed by atoms with Crippen molar-refractivity contribution in [3.63, 3.8) is 0 Å². The summed E-state index contributed by atoms with van der Waals surface area (Å²) in [5.74, 6) is 0.324. The highest BCUT2D eigenvalue weighted by atomic mass is 32.2. The summed E-state index contributed by atoms with van der Waals surface area (Å²) in [7, 11) is -4.03. The van der Waals surface area contributed by atoms with Gasteiger partial charge in [0.1, 0.15) is 10.7 Å². The van der Waals surface area contributed by atoms with E-state index in [4.69, 9.17) is 0 Å². The van der Waals surface area contributed by atoms with Crippen molar-refractivity contribution in [2.75, 3.05) is 10.0 Å². The van der Waals surface area contributed by atoms with Crippen LogP contribution in [0.2, 0.25) is 0 Å². The van der Waals surface area contributed by atoms with Crippen molar-refractivity contribution in [1.82, 2.24) is 20.0 Å².